The average molecular weight is 386 g/mol. The summed E-state index contributed by atoms with van der Waals surface area (Å²) in [6.45, 7) is 2.20. The summed E-state index contributed by atoms with van der Waals surface area (Å²) in [5.41, 5.74) is 0.808. The van der Waals surface area contributed by atoms with E-state index in [0.29, 0.717) is 11.1 Å². The van der Waals surface area contributed by atoms with Crippen LogP contribution < -0.4 is 5.56 Å². The van der Waals surface area contributed by atoms with E-state index in [0.717, 1.165) is 26.6 Å². The number of furan rings is 1. The molecule has 0 fully saturated rings. The van der Waals surface area contributed by atoms with Gasteiger partial charge in [0.15, 0.2) is 0 Å². The first kappa shape index (κ1) is 16.7. The summed E-state index contributed by atoms with van der Waals surface area (Å²) in [6, 6.07) is 6.92. The zero-order chi connectivity index (χ0) is 18.3. The van der Waals surface area contributed by atoms with Crippen LogP contribution in [0.5, 0.6) is 0 Å². The van der Waals surface area contributed by atoms with Gasteiger partial charge < -0.3 is 9.52 Å². The van der Waals surface area contributed by atoms with Crippen LogP contribution in [0, 0.1) is 0 Å². The van der Waals surface area contributed by atoms with E-state index in [2.05, 4.69) is 11.9 Å². The van der Waals surface area contributed by atoms with E-state index < -0.39 is 5.97 Å². The number of aryl methyl sites for hydroxylation is 1. The molecule has 132 valence electrons. The second-order valence-corrected chi connectivity index (χ2v) is 7.69. The largest absolute Gasteiger partial charge is 0.475 e. The maximum atomic E-state index is 13.1. The molecule has 4 rings (SSSR count). The number of carboxylic acid groups (broad SMARTS) is 1. The normalized spacial score (nSPS) is 11.3. The predicted molar refractivity (Wildman–Crippen MR) is 101 cm³/mol. The molecule has 4 aromatic heterocycles. The van der Waals surface area contributed by atoms with Gasteiger partial charge in [-0.1, -0.05) is 13.0 Å². The first-order valence-corrected chi connectivity index (χ1v) is 9.64. The van der Waals surface area contributed by atoms with Gasteiger partial charge in [-0.05, 0) is 30.0 Å². The van der Waals surface area contributed by atoms with Gasteiger partial charge in [0.2, 0.25) is 5.76 Å². The molecule has 0 aromatic carbocycles. The fourth-order valence-corrected chi connectivity index (χ4v) is 4.81. The molecule has 4 aromatic rings. The van der Waals surface area contributed by atoms with Crippen LogP contribution in [0.15, 0.2) is 45.2 Å². The Kier molecular flexibility index (Phi) is 4.21. The smallest absolute Gasteiger partial charge is 0.371 e. The molecular formula is C18H14N2O4S2. The second kappa shape index (κ2) is 6.54. The van der Waals surface area contributed by atoms with E-state index in [1.807, 2.05) is 17.5 Å². The highest BCUT2D eigenvalue weighted by Gasteiger charge is 2.19. The van der Waals surface area contributed by atoms with Crippen molar-refractivity contribution in [1.82, 2.24) is 9.55 Å². The van der Waals surface area contributed by atoms with Crippen LogP contribution in [0.4, 0.5) is 0 Å². The maximum absolute atomic E-state index is 13.1. The number of carboxylic acids is 1. The lowest BCUT2D eigenvalue weighted by Crippen LogP contribution is -2.20. The summed E-state index contributed by atoms with van der Waals surface area (Å²) in [4.78, 5) is 31.4. The molecule has 6 nitrogen and oxygen atoms in total. The van der Waals surface area contributed by atoms with Gasteiger partial charge in [0.25, 0.3) is 5.56 Å². The van der Waals surface area contributed by atoms with Crippen LogP contribution in [-0.2, 0) is 13.0 Å². The lowest BCUT2D eigenvalue weighted by molar-refractivity contribution is 0.0660. The van der Waals surface area contributed by atoms with E-state index in [4.69, 9.17) is 9.52 Å². The van der Waals surface area contributed by atoms with E-state index >= 15 is 0 Å². The second-order valence-electron chi connectivity index (χ2n) is 5.66. The van der Waals surface area contributed by atoms with Crippen molar-refractivity contribution in [3.8, 4) is 10.4 Å². The van der Waals surface area contributed by atoms with Gasteiger partial charge in [-0.25, -0.2) is 9.78 Å². The molecule has 0 unspecified atom stereocenters. The quantitative estimate of drug-likeness (QED) is 0.558. The first-order valence-electron chi connectivity index (χ1n) is 7.95. The van der Waals surface area contributed by atoms with Gasteiger partial charge in [0.05, 0.1) is 18.3 Å². The monoisotopic (exact) mass is 386 g/mol. The summed E-state index contributed by atoms with van der Waals surface area (Å²) in [5.74, 6) is -0.887. The lowest BCUT2D eigenvalue weighted by atomic mass is 10.1. The van der Waals surface area contributed by atoms with E-state index in [9.17, 15) is 9.59 Å². The minimum absolute atomic E-state index is 0.135. The molecule has 0 saturated heterocycles. The van der Waals surface area contributed by atoms with Crippen molar-refractivity contribution in [3.05, 3.63) is 62.7 Å². The van der Waals surface area contributed by atoms with Crippen LogP contribution in [0.1, 0.15) is 28.1 Å². The number of carbonyl (C=O) groups is 1. The van der Waals surface area contributed by atoms with E-state index in [1.165, 1.54) is 17.0 Å². The summed E-state index contributed by atoms with van der Waals surface area (Å²) in [5, 5.41) is 11.6. The maximum Gasteiger partial charge on any atom is 0.371 e. The molecule has 0 aliphatic carbocycles. The SMILES string of the molecule is CCc1sc2ncn(Cc3ccc(C(=O)O)o3)c(=O)c2c1-c1cccs1. The summed E-state index contributed by atoms with van der Waals surface area (Å²) < 4.78 is 6.72. The lowest BCUT2D eigenvalue weighted by Gasteiger charge is -2.04. The molecule has 0 spiro atoms. The topological polar surface area (TPSA) is 85.3 Å². The van der Waals surface area contributed by atoms with Crippen molar-refractivity contribution in [1.29, 1.82) is 0 Å². The first-order chi connectivity index (χ1) is 12.6. The molecule has 26 heavy (non-hydrogen) atoms. The van der Waals surface area contributed by atoms with Gasteiger partial charge in [-0.2, -0.15) is 0 Å². The van der Waals surface area contributed by atoms with Gasteiger partial charge in [-0.15, -0.1) is 22.7 Å². The highest BCUT2D eigenvalue weighted by molar-refractivity contribution is 7.20. The van der Waals surface area contributed by atoms with Crippen LogP contribution in [0.2, 0.25) is 0 Å². The van der Waals surface area contributed by atoms with E-state index in [1.54, 1.807) is 28.7 Å². The van der Waals surface area contributed by atoms with E-state index in [-0.39, 0.29) is 17.9 Å². The molecule has 8 heteroatoms. The summed E-state index contributed by atoms with van der Waals surface area (Å²) >= 11 is 3.14. The molecule has 0 aliphatic heterocycles. The number of rotatable bonds is 5. The number of hydrogen-bond donors (Lipinski definition) is 1. The summed E-state index contributed by atoms with van der Waals surface area (Å²) in [6.07, 6.45) is 2.32. The number of fused-ring (bicyclic) bond motifs is 1. The summed E-state index contributed by atoms with van der Waals surface area (Å²) in [7, 11) is 0. The standard InChI is InChI=1S/C18H14N2O4S2/c1-2-12-14(13-4-3-7-25-13)15-16(26-12)19-9-20(17(15)21)8-10-5-6-11(24-10)18(22)23/h3-7,9H,2,8H2,1H3,(H,22,23). The van der Waals surface area contributed by atoms with Crippen molar-refractivity contribution in [3.63, 3.8) is 0 Å². The Morgan fingerprint density at radius 1 is 1.35 bits per heavy atom. The molecule has 0 atom stereocenters. The third-order valence-electron chi connectivity index (χ3n) is 4.04. The Morgan fingerprint density at radius 2 is 2.19 bits per heavy atom. The average Bonchev–Trinajstić information content (AvgIpc) is 3.35. The fraction of sp³-hybridized carbons (Fsp3) is 0.167. The Labute approximate surface area is 156 Å². The van der Waals surface area contributed by atoms with Crippen molar-refractivity contribution in [2.45, 2.75) is 19.9 Å². The molecule has 0 radical (unpaired) electrons. The third kappa shape index (κ3) is 2.77. The fourth-order valence-electron chi connectivity index (χ4n) is 2.86. The number of nitrogens with zero attached hydrogens (tertiary/aromatic N) is 2. The van der Waals surface area contributed by atoms with Gasteiger partial charge in [-0.3, -0.25) is 9.36 Å². The number of aromatic carboxylic acids is 1. The van der Waals surface area contributed by atoms with Gasteiger partial charge in [0, 0.05) is 15.3 Å². The predicted octanol–water partition coefficient (Wildman–Crippen LogP) is 4.09. The van der Waals surface area contributed by atoms with Crippen LogP contribution in [0.25, 0.3) is 20.7 Å². The van der Waals surface area contributed by atoms with Crippen LogP contribution in [0.3, 0.4) is 0 Å². The molecule has 0 saturated carbocycles. The third-order valence-corrected chi connectivity index (χ3v) is 6.17. The molecule has 0 amide bonds. The van der Waals surface area contributed by atoms with Crippen molar-refractivity contribution in [2.24, 2.45) is 0 Å². The molecule has 0 aliphatic rings. The minimum atomic E-state index is -1.14. The van der Waals surface area contributed by atoms with Crippen molar-refractivity contribution >= 4 is 38.9 Å². The molecule has 1 N–H and O–H groups in total. The van der Waals surface area contributed by atoms with Crippen LogP contribution >= 0.6 is 22.7 Å². The minimum Gasteiger partial charge on any atom is -0.475 e. The van der Waals surface area contributed by atoms with Gasteiger partial charge in [0.1, 0.15) is 10.6 Å². The molecular weight excluding hydrogens is 372 g/mol. The molecule has 4 heterocycles. The van der Waals surface area contributed by atoms with Crippen molar-refractivity contribution in [2.75, 3.05) is 0 Å². The zero-order valence-electron chi connectivity index (χ0n) is 13.8. The number of thiophene rings is 2. The highest BCUT2D eigenvalue weighted by atomic mass is 32.1. The Morgan fingerprint density at radius 3 is 2.85 bits per heavy atom. The van der Waals surface area contributed by atoms with Crippen LogP contribution in [-0.4, -0.2) is 20.6 Å². The van der Waals surface area contributed by atoms with Gasteiger partial charge >= 0.3 is 5.97 Å². The number of hydrogen-bond acceptors (Lipinski definition) is 6. The number of aromatic nitrogens is 2. The van der Waals surface area contributed by atoms with Crippen molar-refractivity contribution < 1.29 is 14.3 Å². The molecule has 0 bridgehead atoms. The zero-order valence-corrected chi connectivity index (χ0v) is 15.4. The Bertz CT molecular complexity index is 1150. The highest BCUT2D eigenvalue weighted by Crippen LogP contribution is 2.38. The Hall–Kier alpha value is -2.71. The Balaban J connectivity index is 1.84.